The Morgan fingerprint density at radius 1 is 1.17 bits per heavy atom. The molecule has 1 aromatic carbocycles. The Kier molecular flexibility index (Phi) is 7.51. The molecule has 0 saturated heterocycles. The van der Waals surface area contributed by atoms with Crippen LogP contribution in [0.4, 0.5) is 4.39 Å². The van der Waals surface area contributed by atoms with Crippen molar-refractivity contribution in [3.8, 4) is 0 Å². The second-order valence-electron chi connectivity index (χ2n) is 5.97. The minimum absolute atomic E-state index is 0.00858. The van der Waals surface area contributed by atoms with Gasteiger partial charge >= 0.3 is 0 Å². The molecule has 0 aliphatic heterocycles. The first-order valence-corrected chi connectivity index (χ1v) is 7.86. The molecule has 0 fully saturated rings. The molecule has 0 radical (unpaired) electrons. The van der Waals surface area contributed by atoms with Gasteiger partial charge in [-0.25, -0.2) is 4.39 Å². The van der Waals surface area contributed by atoms with E-state index in [-0.39, 0.29) is 11.7 Å². The maximum atomic E-state index is 12.8. The van der Waals surface area contributed by atoms with Gasteiger partial charge in [-0.15, -0.1) is 0 Å². The van der Waals surface area contributed by atoms with Crippen LogP contribution in [0, 0.1) is 11.2 Å². The summed E-state index contributed by atoms with van der Waals surface area (Å²) in [6.45, 7) is 7.44. The molecule has 5 nitrogen and oxygen atoms in total. The molecule has 0 spiro atoms. The molecule has 6 heteroatoms. The van der Waals surface area contributed by atoms with Crippen molar-refractivity contribution in [3.63, 3.8) is 0 Å². The standard InChI is InChI=1S/C17H27FN4O/c1-5-20-15(23)17(2,3)12-22-16(19-4)21-11-10-13-6-8-14(18)9-7-13/h6-9H,5,10-12H2,1-4H3,(H,20,23)(H2,19,21,22). The van der Waals surface area contributed by atoms with E-state index in [9.17, 15) is 9.18 Å². The predicted molar refractivity (Wildman–Crippen MR) is 91.9 cm³/mol. The van der Waals surface area contributed by atoms with Gasteiger partial charge in [0.2, 0.25) is 5.91 Å². The summed E-state index contributed by atoms with van der Waals surface area (Å²) >= 11 is 0. The molecule has 128 valence electrons. The molecule has 0 aliphatic carbocycles. The summed E-state index contributed by atoms with van der Waals surface area (Å²) in [5, 5.41) is 9.18. The van der Waals surface area contributed by atoms with Crippen LogP contribution >= 0.6 is 0 Å². The number of nitrogens with zero attached hydrogens (tertiary/aromatic N) is 1. The molecule has 0 aromatic heterocycles. The molecule has 1 rings (SSSR count). The minimum atomic E-state index is -0.523. The number of amides is 1. The largest absolute Gasteiger partial charge is 0.356 e. The van der Waals surface area contributed by atoms with Crippen molar-refractivity contribution in [2.75, 3.05) is 26.7 Å². The number of carbonyl (C=O) groups excluding carboxylic acids is 1. The summed E-state index contributed by atoms with van der Waals surface area (Å²) in [6.07, 6.45) is 0.765. The van der Waals surface area contributed by atoms with Crippen molar-refractivity contribution in [1.29, 1.82) is 0 Å². The lowest BCUT2D eigenvalue weighted by molar-refractivity contribution is -0.128. The average molecular weight is 322 g/mol. The third-order valence-corrected chi connectivity index (χ3v) is 3.49. The number of rotatable bonds is 7. The lowest BCUT2D eigenvalue weighted by Gasteiger charge is -2.24. The fourth-order valence-corrected chi connectivity index (χ4v) is 1.98. The molecule has 23 heavy (non-hydrogen) atoms. The van der Waals surface area contributed by atoms with Crippen molar-refractivity contribution >= 4 is 11.9 Å². The molecule has 0 unspecified atom stereocenters. The average Bonchev–Trinajstić information content (AvgIpc) is 2.52. The van der Waals surface area contributed by atoms with Gasteiger partial charge in [-0.05, 0) is 44.9 Å². The van der Waals surface area contributed by atoms with Gasteiger partial charge in [-0.1, -0.05) is 12.1 Å². The number of halogens is 1. The zero-order valence-corrected chi connectivity index (χ0v) is 14.4. The van der Waals surface area contributed by atoms with Crippen molar-refractivity contribution in [2.45, 2.75) is 27.2 Å². The number of aliphatic imine (C=N–C) groups is 1. The first-order valence-electron chi connectivity index (χ1n) is 7.86. The highest BCUT2D eigenvalue weighted by Gasteiger charge is 2.27. The Balaban J connectivity index is 2.40. The summed E-state index contributed by atoms with van der Waals surface area (Å²) < 4.78 is 12.8. The van der Waals surface area contributed by atoms with E-state index in [0.29, 0.717) is 25.6 Å². The van der Waals surface area contributed by atoms with E-state index in [1.54, 1.807) is 19.2 Å². The molecule has 0 bridgehead atoms. The highest BCUT2D eigenvalue weighted by Crippen LogP contribution is 2.13. The van der Waals surface area contributed by atoms with Gasteiger partial charge in [-0.3, -0.25) is 9.79 Å². The van der Waals surface area contributed by atoms with E-state index in [4.69, 9.17) is 0 Å². The van der Waals surface area contributed by atoms with Crippen molar-refractivity contribution in [2.24, 2.45) is 10.4 Å². The lowest BCUT2D eigenvalue weighted by atomic mass is 9.92. The highest BCUT2D eigenvalue weighted by atomic mass is 19.1. The fourth-order valence-electron chi connectivity index (χ4n) is 1.98. The number of benzene rings is 1. The SMILES string of the molecule is CCNC(=O)C(C)(C)CNC(=NC)NCCc1ccc(F)cc1. The second kappa shape index (κ2) is 9.12. The molecule has 0 aliphatic rings. The van der Waals surface area contributed by atoms with Crippen LogP contribution < -0.4 is 16.0 Å². The fraction of sp³-hybridized carbons (Fsp3) is 0.529. The quantitative estimate of drug-likeness (QED) is 0.529. The van der Waals surface area contributed by atoms with Crippen molar-refractivity contribution in [1.82, 2.24) is 16.0 Å². The van der Waals surface area contributed by atoms with Gasteiger partial charge in [0.05, 0.1) is 5.41 Å². The molecular weight excluding hydrogens is 295 g/mol. The van der Waals surface area contributed by atoms with Crippen molar-refractivity contribution < 1.29 is 9.18 Å². The maximum Gasteiger partial charge on any atom is 0.227 e. The molecular formula is C17H27FN4O. The van der Waals surface area contributed by atoms with E-state index < -0.39 is 5.41 Å². The van der Waals surface area contributed by atoms with Gasteiger partial charge in [-0.2, -0.15) is 0 Å². The summed E-state index contributed by atoms with van der Waals surface area (Å²) in [6, 6.07) is 6.45. The summed E-state index contributed by atoms with van der Waals surface area (Å²) in [5.41, 5.74) is 0.530. The zero-order chi connectivity index (χ0) is 17.3. The number of carbonyl (C=O) groups is 1. The number of nitrogens with one attached hydrogen (secondary N) is 3. The van der Waals surface area contributed by atoms with Gasteiger partial charge in [0.25, 0.3) is 0 Å². The normalized spacial score (nSPS) is 12.0. The van der Waals surface area contributed by atoms with Crippen LogP contribution in [0.1, 0.15) is 26.3 Å². The number of guanidine groups is 1. The number of hydrogen-bond acceptors (Lipinski definition) is 2. The van der Waals surface area contributed by atoms with Gasteiger partial charge in [0.1, 0.15) is 5.82 Å². The monoisotopic (exact) mass is 322 g/mol. The van der Waals surface area contributed by atoms with E-state index in [0.717, 1.165) is 12.0 Å². The molecule has 3 N–H and O–H groups in total. The Morgan fingerprint density at radius 2 is 1.83 bits per heavy atom. The third-order valence-electron chi connectivity index (χ3n) is 3.49. The Bertz CT molecular complexity index is 526. The number of hydrogen-bond donors (Lipinski definition) is 3. The minimum Gasteiger partial charge on any atom is -0.356 e. The van der Waals surface area contributed by atoms with Gasteiger partial charge in [0.15, 0.2) is 5.96 Å². The smallest absolute Gasteiger partial charge is 0.227 e. The van der Waals surface area contributed by atoms with Crippen LogP contribution in [0.3, 0.4) is 0 Å². The van der Waals surface area contributed by atoms with Gasteiger partial charge < -0.3 is 16.0 Å². The molecule has 0 heterocycles. The topological polar surface area (TPSA) is 65.5 Å². The predicted octanol–water partition coefficient (Wildman–Crippen LogP) is 1.70. The zero-order valence-electron chi connectivity index (χ0n) is 14.4. The van der Waals surface area contributed by atoms with Crippen LogP contribution in [0.5, 0.6) is 0 Å². The first kappa shape index (κ1) is 18.9. The Labute approximate surface area is 137 Å². The van der Waals surface area contributed by atoms with Crippen LogP contribution in [-0.4, -0.2) is 38.5 Å². The van der Waals surface area contributed by atoms with E-state index in [2.05, 4.69) is 20.9 Å². The summed E-state index contributed by atoms with van der Waals surface area (Å²) in [7, 11) is 1.69. The molecule has 0 atom stereocenters. The molecule has 1 aromatic rings. The van der Waals surface area contributed by atoms with Gasteiger partial charge in [0, 0.05) is 26.7 Å². The molecule has 1 amide bonds. The van der Waals surface area contributed by atoms with E-state index >= 15 is 0 Å². The van der Waals surface area contributed by atoms with Crippen LogP contribution in [0.2, 0.25) is 0 Å². The third kappa shape index (κ3) is 6.67. The lowest BCUT2D eigenvalue weighted by Crippen LogP contribution is -2.48. The van der Waals surface area contributed by atoms with Crippen LogP contribution in [-0.2, 0) is 11.2 Å². The van der Waals surface area contributed by atoms with E-state index in [1.807, 2.05) is 20.8 Å². The first-order chi connectivity index (χ1) is 10.9. The Hall–Kier alpha value is -2.11. The second-order valence-corrected chi connectivity index (χ2v) is 5.97. The van der Waals surface area contributed by atoms with Crippen LogP contribution in [0.25, 0.3) is 0 Å². The maximum absolute atomic E-state index is 12.8. The highest BCUT2D eigenvalue weighted by molar-refractivity contribution is 5.84. The summed E-state index contributed by atoms with van der Waals surface area (Å²) in [5.74, 6) is 0.422. The van der Waals surface area contributed by atoms with E-state index in [1.165, 1.54) is 12.1 Å². The van der Waals surface area contributed by atoms with Crippen LogP contribution in [0.15, 0.2) is 29.3 Å². The van der Waals surface area contributed by atoms with Crippen molar-refractivity contribution in [3.05, 3.63) is 35.6 Å². The Morgan fingerprint density at radius 3 is 2.39 bits per heavy atom. The summed E-state index contributed by atoms with van der Waals surface area (Å²) in [4.78, 5) is 16.1. The molecule has 0 saturated carbocycles.